The average molecular weight is 168 g/mol. The van der Waals surface area contributed by atoms with E-state index in [1.165, 1.54) is 6.42 Å². The summed E-state index contributed by atoms with van der Waals surface area (Å²) in [6.45, 7) is 5.73. The van der Waals surface area contributed by atoms with Gasteiger partial charge in [0.05, 0.1) is 0 Å². The van der Waals surface area contributed by atoms with Gasteiger partial charge in [0.25, 0.3) is 0 Å². The van der Waals surface area contributed by atoms with Crippen molar-refractivity contribution in [3.05, 3.63) is 12.4 Å². The van der Waals surface area contributed by atoms with Gasteiger partial charge in [-0.2, -0.15) is 0 Å². The molecule has 0 saturated heterocycles. The van der Waals surface area contributed by atoms with E-state index in [-0.39, 0.29) is 0 Å². The molecule has 0 saturated carbocycles. The van der Waals surface area contributed by atoms with Crippen LogP contribution < -0.4 is 0 Å². The van der Waals surface area contributed by atoms with Gasteiger partial charge in [0.1, 0.15) is 0 Å². The van der Waals surface area contributed by atoms with Gasteiger partial charge in [-0.25, -0.2) is 0 Å². The van der Waals surface area contributed by atoms with E-state index in [1.807, 2.05) is 0 Å². The summed E-state index contributed by atoms with van der Waals surface area (Å²) in [6.07, 6.45) is 5.58. The van der Waals surface area contributed by atoms with E-state index in [0.717, 1.165) is 12.5 Å². The second kappa shape index (κ2) is 3.83. The SMILES string of the molecule is CC(C)CC1CN(C)C=CN1C. The van der Waals surface area contributed by atoms with Crippen molar-refractivity contribution >= 4 is 0 Å². The smallest absolute Gasteiger partial charge is 0.0459 e. The molecule has 0 spiro atoms. The zero-order chi connectivity index (χ0) is 9.14. The van der Waals surface area contributed by atoms with Crippen molar-refractivity contribution in [3.8, 4) is 0 Å². The van der Waals surface area contributed by atoms with Gasteiger partial charge < -0.3 is 9.80 Å². The first-order chi connectivity index (χ1) is 5.59. The third-order valence-corrected chi connectivity index (χ3v) is 2.37. The van der Waals surface area contributed by atoms with Crippen LogP contribution in [0.5, 0.6) is 0 Å². The van der Waals surface area contributed by atoms with E-state index in [0.29, 0.717) is 6.04 Å². The highest BCUT2D eigenvalue weighted by molar-refractivity contribution is 4.92. The van der Waals surface area contributed by atoms with Gasteiger partial charge in [0, 0.05) is 39.1 Å². The molecule has 1 rings (SSSR count). The van der Waals surface area contributed by atoms with Crippen LogP contribution in [0.25, 0.3) is 0 Å². The molecule has 0 aromatic heterocycles. The van der Waals surface area contributed by atoms with Crippen molar-refractivity contribution in [3.63, 3.8) is 0 Å². The standard InChI is InChI=1S/C10H20N2/c1-9(2)7-10-8-11(3)5-6-12(10)4/h5-6,9-10H,7-8H2,1-4H3. The second-order valence-corrected chi connectivity index (χ2v) is 4.19. The molecule has 2 nitrogen and oxygen atoms in total. The predicted octanol–water partition coefficient (Wildman–Crippen LogP) is 1.75. The van der Waals surface area contributed by atoms with E-state index >= 15 is 0 Å². The number of nitrogens with zero attached hydrogens (tertiary/aromatic N) is 2. The van der Waals surface area contributed by atoms with Crippen molar-refractivity contribution in [2.75, 3.05) is 20.6 Å². The van der Waals surface area contributed by atoms with E-state index in [9.17, 15) is 0 Å². The first-order valence-electron chi connectivity index (χ1n) is 4.70. The monoisotopic (exact) mass is 168 g/mol. The Morgan fingerprint density at radius 1 is 1.33 bits per heavy atom. The molecular formula is C10H20N2. The van der Waals surface area contributed by atoms with Crippen molar-refractivity contribution in [1.82, 2.24) is 9.80 Å². The molecule has 1 aliphatic rings. The molecule has 2 heteroatoms. The zero-order valence-corrected chi connectivity index (χ0v) is 8.62. The van der Waals surface area contributed by atoms with Gasteiger partial charge in [-0.15, -0.1) is 0 Å². The normalized spacial score (nSPS) is 23.9. The van der Waals surface area contributed by atoms with E-state index in [1.54, 1.807) is 0 Å². The van der Waals surface area contributed by atoms with Gasteiger partial charge in [-0.05, 0) is 12.3 Å². The fraction of sp³-hybridized carbons (Fsp3) is 0.800. The third kappa shape index (κ3) is 2.43. The molecule has 0 fully saturated rings. The molecule has 1 heterocycles. The lowest BCUT2D eigenvalue weighted by molar-refractivity contribution is 0.206. The maximum Gasteiger partial charge on any atom is 0.0459 e. The van der Waals surface area contributed by atoms with Crippen LogP contribution in [0.1, 0.15) is 20.3 Å². The molecule has 0 N–H and O–H groups in total. The summed E-state index contributed by atoms with van der Waals surface area (Å²) >= 11 is 0. The largest absolute Gasteiger partial charge is 0.377 e. The lowest BCUT2D eigenvalue weighted by Gasteiger charge is -2.35. The van der Waals surface area contributed by atoms with Crippen molar-refractivity contribution < 1.29 is 0 Å². The van der Waals surface area contributed by atoms with Gasteiger partial charge in [-0.3, -0.25) is 0 Å². The Bertz CT molecular complexity index is 163. The topological polar surface area (TPSA) is 6.48 Å². The summed E-state index contributed by atoms with van der Waals surface area (Å²) in [7, 11) is 4.30. The number of hydrogen-bond acceptors (Lipinski definition) is 2. The maximum absolute atomic E-state index is 2.32. The number of likely N-dealkylation sites (N-methyl/N-ethyl adjacent to an activating group) is 2. The Labute approximate surface area is 75.8 Å². The Hall–Kier alpha value is -0.660. The first-order valence-corrected chi connectivity index (χ1v) is 4.70. The molecule has 70 valence electrons. The molecule has 0 aromatic carbocycles. The van der Waals surface area contributed by atoms with Crippen LogP contribution in [-0.4, -0.2) is 36.5 Å². The molecule has 1 unspecified atom stereocenters. The van der Waals surface area contributed by atoms with Crippen LogP contribution in [0.15, 0.2) is 12.4 Å². The highest BCUT2D eigenvalue weighted by Gasteiger charge is 2.17. The lowest BCUT2D eigenvalue weighted by atomic mass is 10.0. The van der Waals surface area contributed by atoms with Crippen LogP contribution >= 0.6 is 0 Å². The van der Waals surface area contributed by atoms with Crippen LogP contribution in [0.4, 0.5) is 0 Å². The second-order valence-electron chi connectivity index (χ2n) is 4.19. The lowest BCUT2D eigenvalue weighted by Crippen LogP contribution is -2.41. The van der Waals surface area contributed by atoms with Crippen molar-refractivity contribution in [1.29, 1.82) is 0 Å². The summed E-state index contributed by atoms with van der Waals surface area (Å²) in [5, 5.41) is 0. The Morgan fingerprint density at radius 3 is 2.58 bits per heavy atom. The van der Waals surface area contributed by atoms with Crippen LogP contribution in [0.3, 0.4) is 0 Å². The van der Waals surface area contributed by atoms with Crippen LogP contribution in [0, 0.1) is 5.92 Å². The first kappa shape index (κ1) is 9.43. The fourth-order valence-electron chi connectivity index (χ4n) is 1.65. The molecule has 12 heavy (non-hydrogen) atoms. The highest BCUT2D eigenvalue weighted by Crippen LogP contribution is 2.14. The van der Waals surface area contributed by atoms with Gasteiger partial charge in [0.15, 0.2) is 0 Å². The van der Waals surface area contributed by atoms with Gasteiger partial charge in [0.2, 0.25) is 0 Å². The summed E-state index contributed by atoms with van der Waals surface area (Å²) in [5.74, 6) is 0.789. The Balaban J connectivity index is 2.48. The van der Waals surface area contributed by atoms with E-state index in [4.69, 9.17) is 0 Å². The van der Waals surface area contributed by atoms with Crippen molar-refractivity contribution in [2.24, 2.45) is 5.92 Å². The molecule has 0 radical (unpaired) electrons. The summed E-state index contributed by atoms with van der Waals surface area (Å²) in [5.41, 5.74) is 0. The molecule has 1 aliphatic heterocycles. The fourth-order valence-corrected chi connectivity index (χ4v) is 1.65. The molecule has 1 atom stereocenters. The number of rotatable bonds is 2. The van der Waals surface area contributed by atoms with E-state index in [2.05, 4.69) is 50.1 Å². The highest BCUT2D eigenvalue weighted by atomic mass is 15.2. The summed E-state index contributed by atoms with van der Waals surface area (Å²) in [4.78, 5) is 4.58. The van der Waals surface area contributed by atoms with Gasteiger partial charge in [-0.1, -0.05) is 13.8 Å². The van der Waals surface area contributed by atoms with Crippen LogP contribution in [-0.2, 0) is 0 Å². The summed E-state index contributed by atoms with van der Waals surface area (Å²) < 4.78 is 0. The maximum atomic E-state index is 2.32. The minimum atomic E-state index is 0.694. The zero-order valence-electron chi connectivity index (χ0n) is 8.62. The van der Waals surface area contributed by atoms with Crippen LogP contribution in [0.2, 0.25) is 0 Å². The Kier molecular flexibility index (Phi) is 3.01. The van der Waals surface area contributed by atoms with Crippen molar-refractivity contribution in [2.45, 2.75) is 26.3 Å². The summed E-state index contributed by atoms with van der Waals surface area (Å²) in [6, 6.07) is 0.694. The minimum Gasteiger partial charge on any atom is -0.377 e. The molecule has 0 aromatic rings. The molecule has 0 bridgehead atoms. The number of hydrogen-bond donors (Lipinski definition) is 0. The Morgan fingerprint density at radius 2 is 2.00 bits per heavy atom. The van der Waals surface area contributed by atoms with E-state index < -0.39 is 0 Å². The average Bonchev–Trinajstić information content (AvgIpc) is 1.96. The third-order valence-electron chi connectivity index (χ3n) is 2.37. The predicted molar refractivity (Wildman–Crippen MR) is 52.8 cm³/mol. The quantitative estimate of drug-likeness (QED) is 0.620. The molecule has 0 aliphatic carbocycles. The molecular weight excluding hydrogens is 148 g/mol. The van der Waals surface area contributed by atoms with Gasteiger partial charge >= 0.3 is 0 Å². The minimum absolute atomic E-state index is 0.694. The molecule has 0 amide bonds.